The second kappa shape index (κ2) is 6.97. The fourth-order valence-electron chi connectivity index (χ4n) is 2.31. The van der Waals surface area contributed by atoms with Crippen LogP contribution in [0.3, 0.4) is 0 Å². The molecule has 2 aromatic rings. The third-order valence-electron chi connectivity index (χ3n) is 3.52. The molecule has 0 saturated heterocycles. The lowest BCUT2D eigenvalue weighted by Crippen LogP contribution is -2.15. The monoisotopic (exact) mass is 390 g/mol. The summed E-state index contributed by atoms with van der Waals surface area (Å²) in [7, 11) is 1.47. The van der Waals surface area contributed by atoms with Gasteiger partial charge in [-0.2, -0.15) is 0 Å². The molecule has 2 aromatic carbocycles. The average Bonchev–Trinajstić information content (AvgIpc) is 2.61. The summed E-state index contributed by atoms with van der Waals surface area (Å²) >= 11 is 3.25. The molecule has 24 heavy (non-hydrogen) atoms. The predicted molar refractivity (Wildman–Crippen MR) is 93.2 cm³/mol. The Hall–Kier alpha value is -2.47. The Kier molecular flexibility index (Phi) is 4.76. The Morgan fingerprint density at radius 1 is 1.21 bits per heavy atom. The number of ketones is 1. The van der Waals surface area contributed by atoms with Crippen LogP contribution in [0, 0.1) is 0 Å². The van der Waals surface area contributed by atoms with Crippen LogP contribution in [0.5, 0.6) is 23.0 Å². The third kappa shape index (κ3) is 3.38. The summed E-state index contributed by atoms with van der Waals surface area (Å²) in [6, 6.07) is 8.46. The van der Waals surface area contributed by atoms with Gasteiger partial charge in [0.2, 0.25) is 0 Å². The van der Waals surface area contributed by atoms with Crippen molar-refractivity contribution in [3.63, 3.8) is 0 Å². The number of aromatic hydroxyl groups is 1. The average molecular weight is 391 g/mol. The highest BCUT2D eigenvalue weighted by molar-refractivity contribution is 9.10. The van der Waals surface area contributed by atoms with Crippen LogP contribution in [0.15, 0.2) is 40.9 Å². The van der Waals surface area contributed by atoms with E-state index in [-0.39, 0.29) is 11.5 Å². The van der Waals surface area contributed by atoms with Crippen LogP contribution in [-0.2, 0) is 0 Å². The van der Waals surface area contributed by atoms with Crippen molar-refractivity contribution < 1.29 is 24.1 Å². The quantitative estimate of drug-likeness (QED) is 0.634. The van der Waals surface area contributed by atoms with E-state index in [1.807, 2.05) is 0 Å². The number of fused-ring (bicyclic) bond motifs is 1. The highest BCUT2D eigenvalue weighted by Gasteiger charge is 2.14. The van der Waals surface area contributed by atoms with Crippen molar-refractivity contribution in [1.82, 2.24) is 0 Å². The van der Waals surface area contributed by atoms with Crippen LogP contribution >= 0.6 is 15.9 Å². The van der Waals surface area contributed by atoms with Gasteiger partial charge in [-0.05, 0) is 57.9 Å². The first-order valence-electron chi connectivity index (χ1n) is 7.27. The minimum atomic E-state index is -0.157. The van der Waals surface area contributed by atoms with Crippen molar-refractivity contribution in [2.45, 2.75) is 0 Å². The fraction of sp³-hybridized carbons (Fsp3) is 0.167. The van der Waals surface area contributed by atoms with Crippen LogP contribution in [0.25, 0.3) is 6.08 Å². The highest BCUT2D eigenvalue weighted by Crippen LogP contribution is 2.35. The van der Waals surface area contributed by atoms with E-state index in [0.29, 0.717) is 40.5 Å². The van der Waals surface area contributed by atoms with Crippen LogP contribution in [0.4, 0.5) is 0 Å². The van der Waals surface area contributed by atoms with Crippen LogP contribution < -0.4 is 14.2 Å². The maximum atomic E-state index is 12.3. The molecule has 3 rings (SSSR count). The Morgan fingerprint density at radius 2 is 1.96 bits per heavy atom. The summed E-state index contributed by atoms with van der Waals surface area (Å²) in [4.78, 5) is 12.3. The van der Waals surface area contributed by atoms with E-state index in [0.717, 1.165) is 5.56 Å². The van der Waals surface area contributed by atoms with E-state index in [9.17, 15) is 9.90 Å². The number of hydrogen-bond acceptors (Lipinski definition) is 5. The van der Waals surface area contributed by atoms with Crippen molar-refractivity contribution >= 4 is 27.8 Å². The van der Waals surface area contributed by atoms with E-state index >= 15 is 0 Å². The Morgan fingerprint density at radius 3 is 2.71 bits per heavy atom. The third-order valence-corrected chi connectivity index (χ3v) is 4.13. The molecule has 124 valence electrons. The van der Waals surface area contributed by atoms with E-state index < -0.39 is 0 Å². The Bertz CT molecular complexity index is 813. The molecule has 0 bridgehead atoms. The molecule has 1 N–H and O–H groups in total. The van der Waals surface area contributed by atoms with E-state index in [2.05, 4.69) is 15.9 Å². The second-order valence-corrected chi connectivity index (χ2v) is 5.96. The lowest BCUT2D eigenvalue weighted by molar-refractivity contribution is 0.104. The molecule has 0 unspecified atom stereocenters. The first-order chi connectivity index (χ1) is 11.6. The van der Waals surface area contributed by atoms with Gasteiger partial charge in [0.05, 0.1) is 11.6 Å². The van der Waals surface area contributed by atoms with Gasteiger partial charge in [0.1, 0.15) is 13.2 Å². The van der Waals surface area contributed by atoms with Gasteiger partial charge < -0.3 is 19.3 Å². The molecule has 0 saturated carbocycles. The van der Waals surface area contributed by atoms with Gasteiger partial charge in [-0.1, -0.05) is 6.08 Å². The number of rotatable bonds is 4. The van der Waals surface area contributed by atoms with Crippen molar-refractivity contribution in [2.75, 3.05) is 20.3 Å². The zero-order valence-electron chi connectivity index (χ0n) is 12.9. The van der Waals surface area contributed by atoms with Gasteiger partial charge in [0.15, 0.2) is 28.8 Å². The molecule has 0 amide bonds. The molecule has 0 spiro atoms. The largest absolute Gasteiger partial charge is 0.503 e. The molecule has 5 nitrogen and oxygen atoms in total. The summed E-state index contributed by atoms with van der Waals surface area (Å²) in [5.74, 6) is 1.42. The summed E-state index contributed by atoms with van der Waals surface area (Å²) in [5, 5.41) is 9.80. The zero-order chi connectivity index (χ0) is 17.1. The molecular formula is C18H15BrO5. The van der Waals surface area contributed by atoms with Crippen molar-refractivity contribution in [3.05, 3.63) is 52.0 Å². The molecular weight excluding hydrogens is 376 g/mol. The van der Waals surface area contributed by atoms with Crippen molar-refractivity contribution in [1.29, 1.82) is 0 Å². The number of phenols is 1. The van der Waals surface area contributed by atoms with Crippen LogP contribution in [-0.4, -0.2) is 31.2 Å². The fourth-order valence-corrected chi connectivity index (χ4v) is 2.77. The minimum Gasteiger partial charge on any atom is -0.503 e. The zero-order valence-corrected chi connectivity index (χ0v) is 14.5. The lowest BCUT2D eigenvalue weighted by atomic mass is 10.1. The van der Waals surface area contributed by atoms with E-state index in [1.54, 1.807) is 36.4 Å². The minimum absolute atomic E-state index is 0.0211. The van der Waals surface area contributed by atoms with Gasteiger partial charge in [-0.3, -0.25) is 4.79 Å². The predicted octanol–water partition coefficient (Wildman–Crippen LogP) is 3.83. The van der Waals surface area contributed by atoms with Gasteiger partial charge >= 0.3 is 0 Å². The van der Waals surface area contributed by atoms with Gasteiger partial charge in [0.25, 0.3) is 0 Å². The molecule has 1 aliphatic rings. The SMILES string of the molecule is COc1cc(C=CC(=O)c2ccc3c(c2)OCCO3)cc(Br)c1O. The Balaban J connectivity index is 1.82. The number of carbonyl (C=O) groups excluding carboxylic acids is 1. The molecule has 0 aromatic heterocycles. The van der Waals surface area contributed by atoms with Gasteiger partial charge in [0, 0.05) is 5.56 Å². The number of phenolic OH excluding ortho intramolecular Hbond substituents is 1. The molecule has 1 aliphatic heterocycles. The number of hydrogen-bond donors (Lipinski definition) is 1. The number of carbonyl (C=O) groups is 1. The molecule has 1 heterocycles. The van der Waals surface area contributed by atoms with Gasteiger partial charge in [-0.25, -0.2) is 0 Å². The maximum absolute atomic E-state index is 12.3. The number of methoxy groups -OCH3 is 1. The van der Waals surface area contributed by atoms with Gasteiger partial charge in [-0.15, -0.1) is 0 Å². The number of ether oxygens (including phenoxy) is 3. The molecule has 6 heteroatoms. The molecule has 0 radical (unpaired) electrons. The summed E-state index contributed by atoms with van der Waals surface area (Å²) in [5.41, 5.74) is 1.24. The molecule has 0 aliphatic carbocycles. The van der Waals surface area contributed by atoms with Crippen LogP contribution in [0.2, 0.25) is 0 Å². The highest BCUT2D eigenvalue weighted by atomic mass is 79.9. The summed E-state index contributed by atoms with van der Waals surface area (Å²) in [6.07, 6.45) is 3.12. The molecule has 0 atom stereocenters. The maximum Gasteiger partial charge on any atom is 0.185 e. The normalized spacial score (nSPS) is 13.1. The topological polar surface area (TPSA) is 65.0 Å². The lowest BCUT2D eigenvalue weighted by Gasteiger charge is -2.18. The number of halogens is 1. The summed E-state index contributed by atoms with van der Waals surface area (Å²) < 4.78 is 16.5. The van der Waals surface area contributed by atoms with Crippen molar-refractivity contribution in [2.24, 2.45) is 0 Å². The Labute approximate surface area is 147 Å². The van der Waals surface area contributed by atoms with Crippen LogP contribution in [0.1, 0.15) is 15.9 Å². The standard InChI is InChI=1S/C18H15BrO5/c1-22-17-9-11(8-13(19)18(17)21)2-4-14(20)12-3-5-15-16(10-12)24-7-6-23-15/h2-5,8-10,21H,6-7H2,1H3. The van der Waals surface area contributed by atoms with E-state index in [4.69, 9.17) is 14.2 Å². The molecule has 0 fully saturated rings. The summed E-state index contributed by atoms with van der Waals surface area (Å²) in [6.45, 7) is 0.986. The van der Waals surface area contributed by atoms with E-state index in [1.165, 1.54) is 13.2 Å². The first kappa shape index (κ1) is 16.4. The number of benzene rings is 2. The second-order valence-electron chi connectivity index (χ2n) is 5.11. The first-order valence-corrected chi connectivity index (χ1v) is 8.06. The number of allylic oxidation sites excluding steroid dienone is 1. The smallest absolute Gasteiger partial charge is 0.185 e. The van der Waals surface area contributed by atoms with Crippen molar-refractivity contribution in [3.8, 4) is 23.0 Å².